The van der Waals surface area contributed by atoms with E-state index in [-0.39, 0.29) is 10.8 Å². The molecule has 0 spiro atoms. The van der Waals surface area contributed by atoms with E-state index in [9.17, 15) is 0 Å². The van der Waals surface area contributed by atoms with Crippen molar-refractivity contribution in [3.8, 4) is 33.9 Å². The van der Waals surface area contributed by atoms with Crippen molar-refractivity contribution in [3.05, 3.63) is 157 Å². The molecule has 5 aromatic carbocycles. The maximum Gasteiger partial charge on any atom is 0.137 e. The Bertz CT molecular complexity index is 2800. The monoisotopic (exact) mass is 674 g/mol. The molecule has 0 saturated carbocycles. The van der Waals surface area contributed by atoms with Crippen molar-refractivity contribution < 1.29 is 0 Å². The quantitative estimate of drug-likeness (QED) is 0.186. The first-order valence-corrected chi connectivity index (χ1v) is 18.2. The van der Waals surface area contributed by atoms with Crippen LogP contribution in [0.1, 0.15) is 52.7 Å². The summed E-state index contributed by atoms with van der Waals surface area (Å²) in [6.45, 7) is 13.5. The van der Waals surface area contributed by atoms with E-state index in [0.29, 0.717) is 0 Å². The van der Waals surface area contributed by atoms with E-state index in [1.54, 1.807) is 0 Å². The molecule has 0 bridgehead atoms. The second-order valence-corrected chi connectivity index (χ2v) is 16.1. The van der Waals surface area contributed by atoms with Crippen molar-refractivity contribution in [1.29, 1.82) is 0 Å². The Kier molecular flexibility index (Phi) is 7.24. The molecule has 52 heavy (non-hydrogen) atoms. The fourth-order valence-electron chi connectivity index (χ4n) is 7.67. The number of fused-ring (bicyclic) bond motifs is 6. The van der Waals surface area contributed by atoms with Crippen molar-refractivity contribution >= 4 is 43.6 Å². The van der Waals surface area contributed by atoms with Crippen molar-refractivity contribution in [2.45, 2.75) is 52.4 Å². The lowest BCUT2D eigenvalue weighted by molar-refractivity contribution is 0.588. The summed E-state index contributed by atoms with van der Waals surface area (Å²) < 4.78 is 4.77. The van der Waals surface area contributed by atoms with Gasteiger partial charge in [0.25, 0.3) is 0 Å². The van der Waals surface area contributed by atoms with Gasteiger partial charge in [-0.2, -0.15) is 0 Å². The van der Waals surface area contributed by atoms with Crippen molar-refractivity contribution in [2.75, 3.05) is 0 Å². The zero-order valence-electron chi connectivity index (χ0n) is 30.6. The standard InChI is InChI=1S/C48H42N4/c1-47(2,3)34-22-24-49-41(28-34)33-17-20-38-37-14-10-11-15-42(37)51(43(38)27-33)36-18-21-40-39-19-16-32(31-12-8-7-9-13-31)26-44(39)52(45(40)30-36)46-29-35(23-25-50-46)48(4,5)6/h7-30H,1-6H3. The zero-order valence-corrected chi connectivity index (χ0v) is 30.6. The van der Waals surface area contributed by atoms with E-state index in [1.807, 2.05) is 12.4 Å². The number of pyridine rings is 2. The number of rotatable bonds is 4. The summed E-state index contributed by atoms with van der Waals surface area (Å²) in [4.78, 5) is 9.84. The Morgan fingerprint density at radius 2 is 0.962 bits per heavy atom. The second kappa shape index (κ2) is 11.8. The maximum absolute atomic E-state index is 5.01. The van der Waals surface area contributed by atoms with Gasteiger partial charge in [-0.05, 0) is 87.7 Å². The third kappa shape index (κ3) is 5.29. The Balaban J connectivity index is 1.32. The molecule has 0 fully saturated rings. The molecule has 9 rings (SSSR count). The first kappa shape index (κ1) is 31.9. The molecular formula is C48H42N4. The Hall–Kier alpha value is -6.00. The van der Waals surface area contributed by atoms with Crippen LogP contribution in [0.3, 0.4) is 0 Å². The number of nitrogens with zero attached hydrogens (tertiary/aromatic N) is 4. The van der Waals surface area contributed by atoms with Crippen LogP contribution in [-0.4, -0.2) is 19.1 Å². The van der Waals surface area contributed by atoms with Crippen LogP contribution in [0, 0.1) is 0 Å². The summed E-state index contributed by atoms with van der Waals surface area (Å²) in [6.07, 6.45) is 3.89. The van der Waals surface area contributed by atoms with E-state index < -0.39 is 0 Å². The second-order valence-electron chi connectivity index (χ2n) is 16.1. The molecule has 4 heterocycles. The summed E-state index contributed by atoms with van der Waals surface area (Å²) in [5.74, 6) is 0.920. The van der Waals surface area contributed by atoms with Crippen LogP contribution < -0.4 is 0 Å². The Morgan fingerprint density at radius 1 is 0.404 bits per heavy atom. The fourth-order valence-corrected chi connectivity index (χ4v) is 7.67. The minimum absolute atomic E-state index is 0.0151. The maximum atomic E-state index is 5.01. The number of para-hydroxylation sites is 1. The molecule has 0 saturated heterocycles. The molecule has 0 radical (unpaired) electrons. The average molecular weight is 675 g/mol. The molecule has 4 nitrogen and oxygen atoms in total. The zero-order chi connectivity index (χ0) is 35.8. The molecule has 0 amide bonds. The fraction of sp³-hybridized carbons (Fsp3) is 0.167. The first-order chi connectivity index (χ1) is 25.0. The summed E-state index contributed by atoms with van der Waals surface area (Å²) in [5.41, 5.74) is 12.7. The SMILES string of the molecule is CC(C)(C)c1ccnc(-c2ccc3c4ccccc4n(-c4ccc5c6ccc(-c7ccccc7)cc6n(-c6cc(C(C)(C)C)ccn6)c5c4)c3c2)c1. The molecule has 4 aromatic heterocycles. The van der Waals surface area contributed by atoms with Crippen LogP contribution in [0.25, 0.3) is 77.5 Å². The highest BCUT2D eigenvalue weighted by atomic mass is 15.1. The van der Waals surface area contributed by atoms with Crippen molar-refractivity contribution in [3.63, 3.8) is 0 Å². The van der Waals surface area contributed by atoms with Crippen molar-refractivity contribution in [1.82, 2.24) is 19.1 Å². The van der Waals surface area contributed by atoms with Gasteiger partial charge < -0.3 is 4.57 Å². The minimum atomic E-state index is -0.0151. The summed E-state index contributed by atoms with van der Waals surface area (Å²) >= 11 is 0. The number of aromatic nitrogens is 4. The predicted octanol–water partition coefficient (Wildman–Crippen LogP) is 12.6. The molecule has 0 unspecified atom stereocenters. The van der Waals surface area contributed by atoms with Gasteiger partial charge in [0.05, 0.1) is 27.8 Å². The highest BCUT2D eigenvalue weighted by Gasteiger charge is 2.21. The molecule has 0 atom stereocenters. The van der Waals surface area contributed by atoms with Crippen LogP contribution in [0.4, 0.5) is 0 Å². The van der Waals surface area contributed by atoms with Gasteiger partial charge >= 0.3 is 0 Å². The molecule has 0 aliphatic heterocycles. The highest BCUT2D eigenvalue weighted by Crippen LogP contribution is 2.39. The van der Waals surface area contributed by atoms with Crippen LogP contribution in [-0.2, 0) is 10.8 Å². The molecule has 4 heteroatoms. The topological polar surface area (TPSA) is 35.6 Å². The van der Waals surface area contributed by atoms with Crippen molar-refractivity contribution in [2.24, 2.45) is 0 Å². The largest absolute Gasteiger partial charge is 0.309 e. The van der Waals surface area contributed by atoms with Gasteiger partial charge in [-0.25, -0.2) is 4.98 Å². The first-order valence-electron chi connectivity index (χ1n) is 18.2. The molecule has 0 N–H and O–H groups in total. The Labute approximate surface area is 305 Å². The van der Waals surface area contributed by atoms with Gasteiger partial charge in [0.1, 0.15) is 5.82 Å². The van der Waals surface area contributed by atoms with Gasteiger partial charge in [-0.15, -0.1) is 0 Å². The molecular weight excluding hydrogens is 633 g/mol. The molecule has 0 aliphatic rings. The lowest BCUT2D eigenvalue weighted by Crippen LogP contribution is -2.12. The average Bonchev–Trinajstić information content (AvgIpc) is 3.66. The minimum Gasteiger partial charge on any atom is -0.309 e. The lowest BCUT2D eigenvalue weighted by Gasteiger charge is -2.20. The van der Waals surface area contributed by atoms with E-state index in [1.165, 1.54) is 49.3 Å². The Morgan fingerprint density at radius 3 is 1.69 bits per heavy atom. The summed E-state index contributed by atoms with van der Waals surface area (Å²) in [6, 6.07) is 48.6. The number of benzene rings is 5. The van der Waals surface area contributed by atoms with Crippen LogP contribution in [0.5, 0.6) is 0 Å². The molecule has 9 aromatic rings. The van der Waals surface area contributed by atoms with E-state index in [4.69, 9.17) is 9.97 Å². The van der Waals surface area contributed by atoms with E-state index in [0.717, 1.165) is 39.3 Å². The van der Waals surface area contributed by atoms with Gasteiger partial charge in [-0.3, -0.25) is 9.55 Å². The number of hydrogen-bond acceptors (Lipinski definition) is 2. The normalized spacial score (nSPS) is 12.4. The molecule has 254 valence electrons. The van der Waals surface area contributed by atoms with E-state index >= 15 is 0 Å². The molecule has 0 aliphatic carbocycles. The summed E-state index contributed by atoms with van der Waals surface area (Å²) in [5, 5.41) is 4.86. The highest BCUT2D eigenvalue weighted by molar-refractivity contribution is 6.13. The van der Waals surface area contributed by atoms with Crippen LogP contribution in [0.15, 0.2) is 146 Å². The van der Waals surface area contributed by atoms with Crippen LogP contribution in [0.2, 0.25) is 0 Å². The van der Waals surface area contributed by atoms with Gasteiger partial charge in [-0.1, -0.05) is 120 Å². The number of hydrogen-bond donors (Lipinski definition) is 0. The smallest absolute Gasteiger partial charge is 0.137 e. The van der Waals surface area contributed by atoms with Gasteiger partial charge in [0, 0.05) is 45.2 Å². The third-order valence-electron chi connectivity index (χ3n) is 10.6. The predicted molar refractivity (Wildman–Crippen MR) is 219 cm³/mol. The summed E-state index contributed by atoms with van der Waals surface area (Å²) in [7, 11) is 0. The third-order valence-corrected chi connectivity index (χ3v) is 10.6. The van der Waals surface area contributed by atoms with Crippen LogP contribution >= 0.6 is 0 Å². The van der Waals surface area contributed by atoms with Gasteiger partial charge in [0.15, 0.2) is 0 Å². The van der Waals surface area contributed by atoms with E-state index in [2.05, 4.69) is 184 Å². The lowest BCUT2D eigenvalue weighted by atomic mass is 9.87. The van der Waals surface area contributed by atoms with Gasteiger partial charge in [0.2, 0.25) is 0 Å².